The van der Waals surface area contributed by atoms with Crippen LogP contribution in [0.3, 0.4) is 0 Å². The van der Waals surface area contributed by atoms with Gasteiger partial charge in [-0.15, -0.1) is 0 Å². The normalized spacial score (nSPS) is 10.9. The van der Waals surface area contributed by atoms with Gasteiger partial charge in [-0.1, -0.05) is 60.7 Å². The van der Waals surface area contributed by atoms with Crippen LogP contribution in [0.25, 0.3) is 33.9 Å². The predicted octanol–water partition coefficient (Wildman–Crippen LogP) is 4.56. The van der Waals surface area contributed by atoms with Gasteiger partial charge in [0.15, 0.2) is 0 Å². The van der Waals surface area contributed by atoms with Gasteiger partial charge >= 0.3 is 0 Å². The summed E-state index contributed by atoms with van der Waals surface area (Å²) in [5.41, 5.74) is 5.49. The summed E-state index contributed by atoms with van der Waals surface area (Å²) in [5.74, 6) is 0.596. The van der Waals surface area contributed by atoms with Crippen molar-refractivity contribution in [3.63, 3.8) is 0 Å². The minimum atomic E-state index is -0.0894. The fourth-order valence-corrected chi connectivity index (χ4v) is 3.86. The van der Waals surface area contributed by atoms with E-state index in [2.05, 4.69) is 15.3 Å². The Morgan fingerprint density at radius 3 is 2.39 bits per heavy atom. The molecule has 0 saturated heterocycles. The number of aromatic nitrogens is 4. The molecular formula is C26H23N5O2. The first-order valence-electron chi connectivity index (χ1n) is 10.8. The first-order chi connectivity index (χ1) is 16.3. The van der Waals surface area contributed by atoms with E-state index >= 15 is 0 Å². The lowest BCUT2D eigenvalue weighted by Crippen LogP contribution is -2.30. The minimum absolute atomic E-state index is 0.0894. The van der Waals surface area contributed by atoms with Crippen molar-refractivity contribution in [1.82, 2.24) is 24.8 Å². The molecule has 0 radical (unpaired) electrons. The van der Waals surface area contributed by atoms with Gasteiger partial charge in [-0.2, -0.15) is 0 Å². The van der Waals surface area contributed by atoms with Crippen molar-refractivity contribution in [2.24, 2.45) is 0 Å². The van der Waals surface area contributed by atoms with Gasteiger partial charge in [0.05, 0.1) is 29.5 Å². The number of carbonyl (C=O) groups is 1. The van der Waals surface area contributed by atoms with Crippen molar-refractivity contribution in [1.29, 1.82) is 0 Å². The van der Waals surface area contributed by atoms with Crippen LogP contribution in [0.5, 0.6) is 0 Å². The van der Waals surface area contributed by atoms with E-state index in [1.54, 1.807) is 25.1 Å². The summed E-state index contributed by atoms with van der Waals surface area (Å²) in [4.78, 5) is 25.0. The van der Waals surface area contributed by atoms with Gasteiger partial charge in [-0.05, 0) is 6.07 Å². The van der Waals surface area contributed by atoms with Crippen molar-refractivity contribution in [3.05, 3.63) is 97.5 Å². The van der Waals surface area contributed by atoms with E-state index in [4.69, 9.17) is 9.40 Å². The fourth-order valence-electron chi connectivity index (χ4n) is 3.86. The van der Waals surface area contributed by atoms with Crippen LogP contribution in [0.15, 0.2) is 96.2 Å². The molecule has 3 aromatic heterocycles. The van der Waals surface area contributed by atoms with Crippen molar-refractivity contribution in [2.75, 3.05) is 6.54 Å². The van der Waals surface area contributed by atoms with Crippen LogP contribution in [0.1, 0.15) is 5.69 Å². The van der Waals surface area contributed by atoms with E-state index in [0.717, 1.165) is 33.8 Å². The highest BCUT2D eigenvalue weighted by Gasteiger charge is 2.23. The Balaban J connectivity index is 1.54. The van der Waals surface area contributed by atoms with E-state index in [-0.39, 0.29) is 12.5 Å². The number of hydrogen-bond donors (Lipinski definition) is 2. The molecule has 7 heteroatoms. The monoisotopic (exact) mass is 437 g/mol. The topological polar surface area (TPSA) is 88.7 Å². The number of hydrogen-bond acceptors (Lipinski definition) is 4. The second-order valence-electron chi connectivity index (χ2n) is 7.64. The molecule has 0 aliphatic rings. The molecule has 5 rings (SSSR count). The summed E-state index contributed by atoms with van der Waals surface area (Å²) in [7, 11) is 0. The average molecular weight is 438 g/mol. The second-order valence-corrected chi connectivity index (χ2v) is 7.64. The molecule has 0 fully saturated rings. The van der Waals surface area contributed by atoms with Crippen molar-refractivity contribution >= 4 is 5.91 Å². The van der Waals surface area contributed by atoms with Crippen molar-refractivity contribution < 1.29 is 9.21 Å². The summed E-state index contributed by atoms with van der Waals surface area (Å²) >= 11 is 0. The molecule has 7 nitrogen and oxygen atoms in total. The number of carbonyl (C=O) groups excluding carboxylic acids is 1. The number of nitrogens with zero attached hydrogens (tertiary/aromatic N) is 3. The zero-order valence-electron chi connectivity index (χ0n) is 17.9. The lowest BCUT2D eigenvalue weighted by molar-refractivity contribution is -0.121. The van der Waals surface area contributed by atoms with Gasteiger partial charge < -0.3 is 19.3 Å². The van der Waals surface area contributed by atoms with Gasteiger partial charge in [0, 0.05) is 36.0 Å². The third-order valence-electron chi connectivity index (χ3n) is 5.41. The van der Waals surface area contributed by atoms with Crippen LogP contribution in [0.4, 0.5) is 0 Å². The molecular weight excluding hydrogens is 414 g/mol. The summed E-state index contributed by atoms with van der Waals surface area (Å²) in [6.07, 6.45) is 7.35. The fraction of sp³-hybridized carbons (Fsp3) is 0.115. The number of imidazole rings is 2. The van der Waals surface area contributed by atoms with E-state index in [9.17, 15) is 4.79 Å². The largest absolute Gasteiger partial charge is 0.472 e. The molecule has 5 aromatic rings. The Hall–Kier alpha value is -4.39. The summed E-state index contributed by atoms with van der Waals surface area (Å²) in [6.45, 7) is 0.649. The van der Waals surface area contributed by atoms with Crippen molar-refractivity contribution in [3.8, 4) is 33.9 Å². The second kappa shape index (κ2) is 9.40. The number of amides is 1. The number of H-pyrrole nitrogens is 1. The molecule has 1 amide bonds. The number of aromatic amines is 1. The lowest BCUT2D eigenvalue weighted by atomic mass is 10.0. The Labute approximate surface area is 191 Å². The third kappa shape index (κ3) is 4.48. The van der Waals surface area contributed by atoms with Gasteiger partial charge in [-0.25, -0.2) is 9.97 Å². The number of nitrogens with one attached hydrogen (secondary N) is 2. The van der Waals surface area contributed by atoms with Gasteiger partial charge in [0.2, 0.25) is 5.91 Å². The summed E-state index contributed by atoms with van der Waals surface area (Å²) in [5, 5.41) is 3.01. The standard InChI is InChI=1S/C26H23N5O2/c32-23(28-13-11-22-15-27-18-29-22)16-31-25(20-9-5-2-6-10-20)24(19-7-3-1-4-8-19)30-26(31)21-12-14-33-17-21/h1-10,12,14-15,17-18H,11,13,16H2,(H,27,29)(H,28,32). The molecule has 0 saturated carbocycles. The Morgan fingerprint density at radius 2 is 1.73 bits per heavy atom. The first-order valence-corrected chi connectivity index (χ1v) is 10.8. The molecule has 3 heterocycles. The Morgan fingerprint density at radius 1 is 0.970 bits per heavy atom. The van der Waals surface area contributed by atoms with Gasteiger partial charge in [0.25, 0.3) is 0 Å². The Bertz CT molecular complexity index is 1310. The van der Waals surface area contributed by atoms with Crippen LogP contribution in [-0.2, 0) is 17.8 Å². The zero-order valence-corrected chi connectivity index (χ0v) is 17.9. The van der Waals surface area contributed by atoms with Gasteiger partial charge in [-0.3, -0.25) is 4.79 Å². The molecule has 0 unspecified atom stereocenters. The van der Waals surface area contributed by atoms with E-state index in [1.165, 1.54) is 0 Å². The molecule has 0 spiro atoms. The zero-order chi connectivity index (χ0) is 22.5. The van der Waals surface area contributed by atoms with Crippen LogP contribution < -0.4 is 5.32 Å². The third-order valence-corrected chi connectivity index (χ3v) is 5.41. The number of furan rings is 1. The molecule has 2 N–H and O–H groups in total. The molecule has 0 aliphatic carbocycles. The minimum Gasteiger partial charge on any atom is -0.472 e. The van der Waals surface area contributed by atoms with Crippen LogP contribution in [0.2, 0.25) is 0 Å². The summed E-state index contributed by atoms with van der Waals surface area (Å²) in [6, 6.07) is 21.9. The highest BCUT2D eigenvalue weighted by molar-refractivity contribution is 5.84. The maximum absolute atomic E-state index is 13.0. The molecule has 0 aliphatic heterocycles. The Kier molecular flexibility index (Phi) is 5.84. The van der Waals surface area contributed by atoms with Crippen LogP contribution >= 0.6 is 0 Å². The predicted molar refractivity (Wildman–Crippen MR) is 126 cm³/mol. The first kappa shape index (κ1) is 20.5. The van der Waals surface area contributed by atoms with Crippen molar-refractivity contribution in [2.45, 2.75) is 13.0 Å². The lowest BCUT2D eigenvalue weighted by Gasteiger charge is -2.13. The smallest absolute Gasteiger partial charge is 0.240 e. The molecule has 0 atom stereocenters. The van der Waals surface area contributed by atoms with E-state index < -0.39 is 0 Å². The maximum Gasteiger partial charge on any atom is 0.240 e. The maximum atomic E-state index is 13.0. The van der Waals surface area contributed by atoms with E-state index in [0.29, 0.717) is 18.8 Å². The van der Waals surface area contributed by atoms with Crippen LogP contribution in [-0.4, -0.2) is 32.0 Å². The van der Waals surface area contributed by atoms with Gasteiger partial charge in [0.1, 0.15) is 18.6 Å². The molecule has 164 valence electrons. The quantitative estimate of drug-likeness (QED) is 0.372. The molecule has 2 aromatic carbocycles. The number of benzene rings is 2. The molecule has 0 bridgehead atoms. The highest BCUT2D eigenvalue weighted by Crippen LogP contribution is 2.36. The average Bonchev–Trinajstić information content (AvgIpc) is 3.62. The van der Waals surface area contributed by atoms with E-state index in [1.807, 2.05) is 71.3 Å². The SMILES string of the molecule is O=C(Cn1c(-c2ccoc2)nc(-c2ccccc2)c1-c1ccccc1)NCCc1cnc[nH]1. The van der Waals surface area contributed by atoms with Crippen LogP contribution in [0, 0.1) is 0 Å². The molecule has 33 heavy (non-hydrogen) atoms. The summed E-state index contributed by atoms with van der Waals surface area (Å²) < 4.78 is 7.30. The highest BCUT2D eigenvalue weighted by atomic mass is 16.3. The number of rotatable bonds is 8.